The van der Waals surface area contributed by atoms with E-state index in [0.717, 1.165) is 59.1 Å². The van der Waals surface area contributed by atoms with Crippen molar-refractivity contribution in [1.82, 2.24) is 35.7 Å². The number of amides is 4. The fourth-order valence-corrected chi connectivity index (χ4v) is 8.48. The standard InChI is InChI=1S/C24H22Cl2N6O.C17H18N2O6S/c1-14(22-18(25)8-27-9-19(22)26)33-16-3-4-20-17(6-16)23(31-30-20)15-2-5-21(29-7-15)32-12-24(13-32)10-28-11-24;20-13-5-4-11(15(21)18-13)19-16(22)10-2-1-3-12(14(10)17(19)23)25-7-6-24-8-9-26/h2-9,14,28H,10-13H2,1H3,(H,30,31);1-3,11,26H,4-9H2,(H,18,20,21)/t14-;/m1./s1. The summed E-state index contributed by atoms with van der Waals surface area (Å²) in [5.74, 6) is 0.375. The number of fused-ring (bicyclic) bond motifs is 2. The molecule has 18 heteroatoms. The molecule has 0 saturated carbocycles. The second-order valence-corrected chi connectivity index (χ2v) is 16.0. The van der Waals surface area contributed by atoms with E-state index in [1.54, 1.807) is 24.5 Å². The van der Waals surface area contributed by atoms with Crippen LogP contribution in [0.1, 0.15) is 52.1 Å². The van der Waals surface area contributed by atoms with Crippen LogP contribution in [0.25, 0.3) is 22.2 Å². The fourth-order valence-electron chi connectivity index (χ4n) is 7.68. The number of hydrogen-bond acceptors (Lipinski definition) is 13. The molecular formula is C41H40Cl2N8O7S. The van der Waals surface area contributed by atoms with Gasteiger partial charge in [-0.15, -0.1) is 0 Å². The topological polar surface area (TPSA) is 181 Å². The third-order valence-corrected chi connectivity index (χ3v) is 11.5. The highest BCUT2D eigenvalue weighted by atomic mass is 35.5. The van der Waals surface area contributed by atoms with Gasteiger partial charge < -0.3 is 24.4 Å². The summed E-state index contributed by atoms with van der Waals surface area (Å²) in [6, 6.07) is 13.7. The van der Waals surface area contributed by atoms with Gasteiger partial charge >= 0.3 is 0 Å². The number of hydrogen-bond donors (Lipinski definition) is 4. The molecular weight excluding hydrogens is 819 g/mol. The molecule has 4 aliphatic heterocycles. The molecule has 3 N–H and O–H groups in total. The van der Waals surface area contributed by atoms with Crippen molar-refractivity contribution in [3.05, 3.63) is 93.9 Å². The molecule has 3 aromatic heterocycles. The molecule has 306 valence electrons. The molecule has 3 saturated heterocycles. The number of halogens is 2. The van der Waals surface area contributed by atoms with Gasteiger partial charge in [-0.25, -0.2) is 4.98 Å². The Morgan fingerprint density at radius 2 is 1.76 bits per heavy atom. The number of H-pyrrole nitrogens is 1. The molecule has 4 aliphatic rings. The summed E-state index contributed by atoms with van der Waals surface area (Å²) in [6.45, 7) is 7.31. The molecule has 1 spiro atoms. The zero-order valence-corrected chi connectivity index (χ0v) is 34.3. The van der Waals surface area contributed by atoms with Crippen LogP contribution < -0.4 is 25.0 Å². The Morgan fingerprint density at radius 3 is 2.46 bits per heavy atom. The second kappa shape index (κ2) is 17.1. The van der Waals surface area contributed by atoms with E-state index in [9.17, 15) is 19.2 Å². The van der Waals surface area contributed by atoms with Crippen LogP contribution in [-0.4, -0.2) is 106 Å². The molecule has 2 aromatic carbocycles. The SMILES string of the molecule is C[C@@H](Oc1ccc2[nH]nc(-c3ccc(N4CC5(CNC5)C4)nc3)c2c1)c1c(Cl)cncc1Cl.O=C1CCC(N2C(=O)c3cccc(OCCOCCS)c3C2=O)C(=O)N1. The summed E-state index contributed by atoms with van der Waals surface area (Å²) in [6.07, 6.45) is 4.88. The number of benzene rings is 2. The van der Waals surface area contributed by atoms with Gasteiger partial charge in [0.1, 0.15) is 41.8 Å². The number of imide groups is 2. The zero-order chi connectivity index (χ0) is 41.3. The molecule has 59 heavy (non-hydrogen) atoms. The summed E-state index contributed by atoms with van der Waals surface area (Å²) >= 11 is 16.6. The minimum absolute atomic E-state index is 0.0790. The monoisotopic (exact) mass is 858 g/mol. The average Bonchev–Trinajstić information content (AvgIpc) is 3.72. The van der Waals surface area contributed by atoms with Gasteiger partial charge in [-0.05, 0) is 55.8 Å². The number of carbonyl (C=O) groups is 4. The first-order valence-electron chi connectivity index (χ1n) is 19.1. The van der Waals surface area contributed by atoms with E-state index >= 15 is 0 Å². The molecule has 1 unspecified atom stereocenters. The van der Waals surface area contributed by atoms with Crippen LogP contribution in [0.4, 0.5) is 5.82 Å². The summed E-state index contributed by atoms with van der Waals surface area (Å²) in [4.78, 5) is 60.8. The number of piperidine rings is 1. The summed E-state index contributed by atoms with van der Waals surface area (Å²) in [5.41, 5.74) is 4.23. The first-order valence-corrected chi connectivity index (χ1v) is 20.5. The number of pyridine rings is 2. The van der Waals surface area contributed by atoms with Crippen LogP contribution in [-0.2, 0) is 14.3 Å². The van der Waals surface area contributed by atoms with Crippen LogP contribution in [0, 0.1) is 5.41 Å². The number of carbonyl (C=O) groups excluding carboxylic acids is 4. The van der Waals surface area contributed by atoms with Gasteiger partial charge in [-0.3, -0.25) is 39.5 Å². The fraction of sp³-hybridized carbons (Fsp3) is 0.341. The number of aromatic nitrogens is 4. The number of aromatic amines is 1. The van der Waals surface area contributed by atoms with Crippen molar-refractivity contribution < 1.29 is 33.4 Å². The van der Waals surface area contributed by atoms with Crippen molar-refractivity contribution in [3.63, 3.8) is 0 Å². The van der Waals surface area contributed by atoms with Gasteiger partial charge in [-0.1, -0.05) is 29.3 Å². The van der Waals surface area contributed by atoms with E-state index in [-0.39, 0.29) is 42.4 Å². The molecule has 9 rings (SSSR count). The van der Waals surface area contributed by atoms with Gasteiger partial charge in [-0.2, -0.15) is 17.7 Å². The van der Waals surface area contributed by atoms with Crippen molar-refractivity contribution in [1.29, 1.82) is 0 Å². The number of anilines is 1. The quantitative estimate of drug-likeness (QED) is 0.0725. The number of rotatable bonds is 12. The first kappa shape index (κ1) is 40.5. The summed E-state index contributed by atoms with van der Waals surface area (Å²) < 4.78 is 17.0. The van der Waals surface area contributed by atoms with Gasteiger partial charge in [0, 0.05) is 78.9 Å². The predicted octanol–water partition coefficient (Wildman–Crippen LogP) is 5.29. The lowest BCUT2D eigenvalue weighted by atomic mass is 9.74. The van der Waals surface area contributed by atoms with Crippen molar-refractivity contribution in [2.24, 2.45) is 5.41 Å². The van der Waals surface area contributed by atoms with Crippen molar-refractivity contribution in [3.8, 4) is 22.8 Å². The van der Waals surface area contributed by atoms with Gasteiger partial charge in [0.25, 0.3) is 11.8 Å². The van der Waals surface area contributed by atoms with Crippen molar-refractivity contribution in [2.75, 3.05) is 56.7 Å². The minimum atomic E-state index is -0.994. The molecule has 7 heterocycles. The Bertz CT molecular complexity index is 2400. The summed E-state index contributed by atoms with van der Waals surface area (Å²) in [5, 5.41) is 15.1. The van der Waals surface area contributed by atoms with E-state index in [1.807, 2.05) is 31.3 Å². The van der Waals surface area contributed by atoms with Gasteiger partial charge in [0.15, 0.2) is 0 Å². The van der Waals surface area contributed by atoms with Crippen LogP contribution in [0.3, 0.4) is 0 Å². The van der Waals surface area contributed by atoms with Crippen LogP contribution in [0.15, 0.2) is 67.1 Å². The third-order valence-electron chi connectivity index (χ3n) is 10.7. The van der Waals surface area contributed by atoms with Gasteiger partial charge in [0.2, 0.25) is 11.8 Å². The lowest BCUT2D eigenvalue weighted by Crippen LogP contribution is -2.71. The molecule has 4 amide bonds. The normalized spacial score (nSPS) is 18.5. The highest BCUT2D eigenvalue weighted by Crippen LogP contribution is 2.39. The lowest BCUT2D eigenvalue weighted by molar-refractivity contribution is -0.136. The maximum absolute atomic E-state index is 12.8. The predicted molar refractivity (Wildman–Crippen MR) is 223 cm³/mol. The highest BCUT2D eigenvalue weighted by Gasteiger charge is 2.48. The zero-order valence-electron chi connectivity index (χ0n) is 31.9. The Kier molecular flexibility index (Phi) is 11.8. The minimum Gasteiger partial charge on any atom is -0.490 e. The molecule has 0 aliphatic carbocycles. The van der Waals surface area contributed by atoms with Crippen LogP contribution in [0.2, 0.25) is 10.0 Å². The molecule has 15 nitrogen and oxygen atoms in total. The Labute approximate surface area is 354 Å². The Morgan fingerprint density at radius 1 is 0.966 bits per heavy atom. The average molecular weight is 860 g/mol. The smallest absolute Gasteiger partial charge is 0.266 e. The van der Waals surface area contributed by atoms with E-state index in [4.69, 9.17) is 42.4 Å². The second-order valence-electron chi connectivity index (χ2n) is 14.7. The molecule has 0 bridgehead atoms. The van der Waals surface area contributed by atoms with Crippen LogP contribution >= 0.6 is 35.8 Å². The maximum atomic E-state index is 12.8. The van der Waals surface area contributed by atoms with Gasteiger partial charge in [0.05, 0.1) is 39.9 Å². The highest BCUT2D eigenvalue weighted by molar-refractivity contribution is 7.80. The number of nitrogens with one attached hydrogen (secondary N) is 3. The third kappa shape index (κ3) is 8.19. The Hall–Kier alpha value is -5.26. The van der Waals surface area contributed by atoms with E-state index < -0.39 is 29.7 Å². The number of nitrogens with zero attached hydrogens (tertiary/aromatic N) is 5. The molecule has 0 radical (unpaired) electrons. The molecule has 3 fully saturated rings. The number of ether oxygens (including phenoxy) is 3. The van der Waals surface area contributed by atoms with Crippen molar-refractivity contribution >= 4 is 76.2 Å². The van der Waals surface area contributed by atoms with Crippen LogP contribution in [0.5, 0.6) is 11.5 Å². The largest absolute Gasteiger partial charge is 0.490 e. The molecule has 2 atom stereocenters. The maximum Gasteiger partial charge on any atom is 0.266 e. The van der Waals surface area contributed by atoms with E-state index in [2.05, 4.69) is 55.5 Å². The lowest BCUT2D eigenvalue weighted by Gasteiger charge is -2.56. The first-order chi connectivity index (χ1) is 28.6. The van der Waals surface area contributed by atoms with Crippen molar-refractivity contribution in [2.45, 2.75) is 31.9 Å². The van der Waals surface area contributed by atoms with E-state index in [1.165, 1.54) is 6.07 Å². The summed E-state index contributed by atoms with van der Waals surface area (Å²) in [7, 11) is 0. The number of thiol groups is 1. The molecule has 5 aromatic rings. The van der Waals surface area contributed by atoms with E-state index in [0.29, 0.717) is 45.7 Å². The Balaban J connectivity index is 0.000000169.